The Morgan fingerprint density at radius 3 is 2.60 bits per heavy atom. The second-order valence-corrected chi connectivity index (χ2v) is 5.29. The van der Waals surface area contributed by atoms with Crippen LogP contribution < -0.4 is 9.47 Å². The molecule has 1 aromatic carbocycles. The SMILES string of the molecule is COc1ccc(OCC2=NC(=O)C(CC(=O)O)S2)cc1. The van der Waals surface area contributed by atoms with Gasteiger partial charge in [0, 0.05) is 0 Å². The Bertz CT molecular complexity index is 540. The lowest BCUT2D eigenvalue weighted by molar-refractivity contribution is -0.138. The number of carboxylic acids is 1. The van der Waals surface area contributed by atoms with Crippen molar-refractivity contribution in [1.29, 1.82) is 0 Å². The first-order valence-electron chi connectivity index (χ1n) is 5.85. The van der Waals surface area contributed by atoms with Gasteiger partial charge in [-0.15, -0.1) is 0 Å². The number of hydrogen-bond acceptors (Lipinski definition) is 5. The van der Waals surface area contributed by atoms with Crippen LogP contribution in [0.2, 0.25) is 0 Å². The van der Waals surface area contributed by atoms with E-state index in [0.29, 0.717) is 10.8 Å². The molecule has 0 spiro atoms. The molecular formula is C13H13NO5S. The standard InChI is InChI=1S/C13H13NO5S/c1-18-8-2-4-9(5-3-8)19-7-11-14-13(17)10(20-11)6-12(15)16/h2-5,10H,6-7H2,1H3,(H,15,16). The lowest BCUT2D eigenvalue weighted by Gasteiger charge is -2.07. The van der Waals surface area contributed by atoms with Crippen LogP contribution in [0.5, 0.6) is 11.5 Å². The van der Waals surface area contributed by atoms with Gasteiger partial charge in [0.25, 0.3) is 5.91 Å². The van der Waals surface area contributed by atoms with Crippen molar-refractivity contribution in [2.24, 2.45) is 4.99 Å². The van der Waals surface area contributed by atoms with Gasteiger partial charge >= 0.3 is 5.97 Å². The van der Waals surface area contributed by atoms with Crippen LogP contribution in [-0.4, -0.2) is 41.0 Å². The quantitative estimate of drug-likeness (QED) is 0.857. The fourth-order valence-electron chi connectivity index (χ4n) is 1.61. The molecule has 1 atom stereocenters. The minimum Gasteiger partial charge on any atom is -0.497 e. The fourth-order valence-corrected chi connectivity index (χ4v) is 2.58. The molecule has 2 rings (SSSR count). The molecular weight excluding hydrogens is 282 g/mol. The van der Waals surface area contributed by atoms with Gasteiger partial charge in [-0.1, -0.05) is 11.8 Å². The van der Waals surface area contributed by atoms with E-state index in [9.17, 15) is 9.59 Å². The molecule has 0 bridgehead atoms. The number of benzene rings is 1. The van der Waals surface area contributed by atoms with Gasteiger partial charge in [-0.3, -0.25) is 9.59 Å². The molecule has 1 aromatic rings. The molecule has 1 unspecified atom stereocenters. The topological polar surface area (TPSA) is 85.2 Å². The van der Waals surface area contributed by atoms with Crippen molar-refractivity contribution in [3.05, 3.63) is 24.3 Å². The van der Waals surface area contributed by atoms with Gasteiger partial charge in [0.2, 0.25) is 0 Å². The average molecular weight is 295 g/mol. The number of aliphatic carboxylic acids is 1. The summed E-state index contributed by atoms with van der Waals surface area (Å²) >= 11 is 1.14. The van der Waals surface area contributed by atoms with Gasteiger partial charge in [-0.05, 0) is 24.3 Å². The Labute approximate surface area is 119 Å². The molecule has 7 heteroatoms. The van der Waals surface area contributed by atoms with Crippen LogP contribution in [0, 0.1) is 0 Å². The molecule has 0 radical (unpaired) electrons. The average Bonchev–Trinajstić information content (AvgIpc) is 2.77. The zero-order chi connectivity index (χ0) is 14.5. The van der Waals surface area contributed by atoms with Crippen molar-refractivity contribution in [3.63, 3.8) is 0 Å². The molecule has 1 heterocycles. The lowest BCUT2D eigenvalue weighted by Crippen LogP contribution is -2.15. The van der Waals surface area contributed by atoms with Crippen molar-refractivity contribution >= 4 is 28.7 Å². The van der Waals surface area contributed by atoms with Gasteiger partial charge < -0.3 is 14.6 Å². The molecule has 0 aliphatic carbocycles. The largest absolute Gasteiger partial charge is 0.497 e. The summed E-state index contributed by atoms with van der Waals surface area (Å²) in [5.41, 5.74) is 0. The van der Waals surface area contributed by atoms with Crippen LogP contribution in [0.1, 0.15) is 6.42 Å². The summed E-state index contributed by atoms with van der Waals surface area (Å²) in [6.07, 6.45) is -0.223. The highest BCUT2D eigenvalue weighted by molar-refractivity contribution is 8.15. The molecule has 106 valence electrons. The van der Waals surface area contributed by atoms with Gasteiger partial charge in [-0.2, -0.15) is 0 Å². The second kappa shape index (κ2) is 6.42. The summed E-state index contributed by atoms with van der Waals surface area (Å²) in [7, 11) is 1.58. The highest BCUT2D eigenvalue weighted by atomic mass is 32.2. The summed E-state index contributed by atoms with van der Waals surface area (Å²) in [4.78, 5) is 25.9. The number of ether oxygens (including phenoxy) is 2. The molecule has 0 fully saturated rings. The molecule has 0 aromatic heterocycles. The van der Waals surface area contributed by atoms with E-state index < -0.39 is 17.1 Å². The minimum atomic E-state index is -1.01. The summed E-state index contributed by atoms with van der Waals surface area (Å²) in [6, 6.07) is 7.01. The van der Waals surface area contributed by atoms with Crippen LogP contribution >= 0.6 is 11.8 Å². The van der Waals surface area contributed by atoms with E-state index in [2.05, 4.69) is 4.99 Å². The Morgan fingerprint density at radius 1 is 1.35 bits per heavy atom. The van der Waals surface area contributed by atoms with Gasteiger partial charge in [0.1, 0.15) is 28.4 Å². The second-order valence-electron chi connectivity index (χ2n) is 4.01. The van der Waals surface area contributed by atoms with E-state index in [1.54, 1.807) is 31.4 Å². The van der Waals surface area contributed by atoms with Crippen molar-refractivity contribution < 1.29 is 24.2 Å². The number of nitrogens with zero attached hydrogens (tertiary/aromatic N) is 1. The van der Waals surface area contributed by atoms with Gasteiger partial charge in [0.15, 0.2) is 0 Å². The monoisotopic (exact) mass is 295 g/mol. The van der Waals surface area contributed by atoms with E-state index in [4.69, 9.17) is 14.6 Å². The number of carbonyl (C=O) groups excluding carboxylic acids is 1. The van der Waals surface area contributed by atoms with Crippen LogP contribution in [0.3, 0.4) is 0 Å². The van der Waals surface area contributed by atoms with Gasteiger partial charge in [-0.25, -0.2) is 4.99 Å². The normalized spacial score (nSPS) is 17.8. The Hall–Kier alpha value is -2.02. The van der Waals surface area contributed by atoms with E-state index in [0.717, 1.165) is 17.5 Å². The van der Waals surface area contributed by atoms with Crippen molar-refractivity contribution in [1.82, 2.24) is 0 Å². The van der Waals surface area contributed by atoms with E-state index >= 15 is 0 Å². The molecule has 20 heavy (non-hydrogen) atoms. The maximum Gasteiger partial charge on any atom is 0.305 e. The van der Waals surface area contributed by atoms with Crippen LogP contribution in [0.4, 0.5) is 0 Å². The molecule has 1 amide bonds. The molecule has 6 nitrogen and oxygen atoms in total. The van der Waals surface area contributed by atoms with E-state index in [1.807, 2.05) is 0 Å². The number of amides is 1. The Kier molecular flexibility index (Phi) is 4.62. The number of carbonyl (C=O) groups is 2. The maximum atomic E-state index is 11.5. The number of thioether (sulfide) groups is 1. The third-order valence-electron chi connectivity index (χ3n) is 2.57. The van der Waals surface area contributed by atoms with Crippen LogP contribution in [0.25, 0.3) is 0 Å². The molecule has 1 aliphatic heterocycles. The summed E-state index contributed by atoms with van der Waals surface area (Å²) in [5.74, 6) is -0.0704. The summed E-state index contributed by atoms with van der Waals surface area (Å²) in [6.45, 7) is 0.152. The van der Waals surface area contributed by atoms with Crippen molar-refractivity contribution in [2.45, 2.75) is 11.7 Å². The number of aliphatic imine (C=N–C) groups is 1. The number of hydrogen-bond donors (Lipinski definition) is 1. The first-order valence-corrected chi connectivity index (χ1v) is 6.73. The predicted molar refractivity (Wildman–Crippen MR) is 74.6 cm³/mol. The molecule has 0 saturated carbocycles. The number of rotatable bonds is 6. The highest BCUT2D eigenvalue weighted by Gasteiger charge is 2.30. The fraction of sp³-hybridized carbons (Fsp3) is 0.308. The van der Waals surface area contributed by atoms with E-state index in [1.165, 1.54) is 0 Å². The molecule has 1 aliphatic rings. The summed E-state index contributed by atoms with van der Waals surface area (Å²) < 4.78 is 10.5. The highest BCUT2D eigenvalue weighted by Crippen LogP contribution is 2.26. The zero-order valence-corrected chi connectivity index (χ0v) is 11.6. The lowest BCUT2D eigenvalue weighted by atomic mass is 10.3. The van der Waals surface area contributed by atoms with Crippen molar-refractivity contribution in [3.8, 4) is 11.5 Å². The third-order valence-corrected chi connectivity index (χ3v) is 3.70. The smallest absolute Gasteiger partial charge is 0.305 e. The first kappa shape index (κ1) is 14.4. The number of carboxylic acid groups (broad SMARTS) is 1. The minimum absolute atomic E-state index is 0.152. The first-order chi connectivity index (χ1) is 9.58. The Balaban J connectivity index is 1.87. The molecule has 1 N–H and O–H groups in total. The van der Waals surface area contributed by atoms with Crippen molar-refractivity contribution in [2.75, 3.05) is 13.7 Å². The third kappa shape index (κ3) is 3.74. The van der Waals surface area contributed by atoms with E-state index in [-0.39, 0.29) is 13.0 Å². The number of methoxy groups -OCH3 is 1. The Morgan fingerprint density at radius 2 is 2.00 bits per heavy atom. The predicted octanol–water partition coefficient (Wildman–Crippen LogP) is 1.59. The zero-order valence-electron chi connectivity index (χ0n) is 10.7. The maximum absolute atomic E-state index is 11.5. The van der Waals surface area contributed by atoms with Crippen LogP contribution in [0.15, 0.2) is 29.3 Å². The molecule has 0 saturated heterocycles. The van der Waals surface area contributed by atoms with Crippen LogP contribution in [-0.2, 0) is 9.59 Å². The summed E-state index contributed by atoms with van der Waals surface area (Å²) in [5, 5.41) is 8.54. The van der Waals surface area contributed by atoms with Gasteiger partial charge in [0.05, 0.1) is 13.5 Å².